The molecule has 2 aliphatic heterocycles. The maximum atomic E-state index is 13.6. The highest BCUT2D eigenvalue weighted by molar-refractivity contribution is 5.84. The van der Waals surface area contributed by atoms with E-state index >= 15 is 0 Å². The van der Waals surface area contributed by atoms with Gasteiger partial charge in [-0.05, 0) is 80.4 Å². The fourth-order valence-electron chi connectivity index (χ4n) is 7.62. The molecule has 1 amide bonds. The second kappa shape index (κ2) is 6.78. The van der Waals surface area contributed by atoms with E-state index in [2.05, 4.69) is 9.88 Å². The van der Waals surface area contributed by atoms with Crippen LogP contribution in [0, 0.1) is 29.1 Å². The molecule has 6 aliphatic rings. The van der Waals surface area contributed by atoms with Crippen LogP contribution in [0.3, 0.4) is 0 Å². The van der Waals surface area contributed by atoms with Crippen molar-refractivity contribution in [3.05, 3.63) is 30.1 Å². The predicted octanol–water partition coefficient (Wildman–Crippen LogP) is 3.43. The molecule has 4 saturated carbocycles. The Kier molecular flexibility index (Phi) is 4.28. The third-order valence-corrected chi connectivity index (χ3v) is 8.63. The molecule has 4 aliphatic carbocycles. The topological polar surface area (TPSA) is 51.7 Å². The molecule has 3 heterocycles. The van der Waals surface area contributed by atoms with E-state index in [9.17, 15) is 4.79 Å². The summed E-state index contributed by atoms with van der Waals surface area (Å²) in [5, 5.41) is 0. The van der Waals surface area contributed by atoms with E-state index in [-0.39, 0.29) is 11.0 Å². The Bertz CT molecular complexity index is 738. The van der Waals surface area contributed by atoms with Crippen LogP contribution in [0.15, 0.2) is 24.5 Å². The van der Waals surface area contributed by atoms with E-state index in [0.29, 0.717) is 25.0 Å². The lowest BCUT2D eigenvalue weighted by Crippen LogP contribution is -2.69. The van der Waals surface area contributed by atoms with E-state index in [1.165, 1.54) is 19.3 Å². The number of pyridine rings is 1. The monoisotopic (exact) mass is 396 g/mol. The minimum absolute atomic E-state index is 0.0255. The Balaban J connectivity index is 1.07. The van der Waals surface area contributed by atoms with Gasteiger partial charge in [0.1, 0.15) is 5.60 Å². The minimum Gasteiger partial charge on any atom is -0.376 e. The molecule has 1 aromatic heterocycles. The molecule has 4 bridgehead atoms. The van der Waals surface area contributed by atoms with Crippen LogP contribution in [-0.4, -0.2) is 47.7 Å². The quantitative estimate of drug-likeness (QED) is 0.765. The van der Waals surface area contributed by atoms with E-state index in [1.807, 2.05) is 12.1 Å². The van der Waals surface area contributed by atoms with Crippen molar-refractivity contribution in [2.75, 3.05) is 26.3 Å². The number of likely N-dealkylation sites (tertiary alicyclic amines) is 1. The maximum Gasteiger partial charge on any atom is 0.229 e. The Morgan fingerprint density at radius 1 is 1.10 bits per heavy atom. The first-order valence-corrected chi connectivity index (χ1v) is 11.5. The first kappa shape index (κ1) is 18.3. The molecule has 5 nitrogen and oxygen atoms in total. The van der Waals surface area contributed by atoms with Crippen molar-refractivity contribution < 1.29 is 14.3 Å². The van der Waals surface area contributed by atoms with Crippen LogP contribution in [0.1, 0.15) is 50.5 Å². The first-order valence-electron chi connectivity index (χ1n) is 11.5. The summed E-state index contributed by atoms with van der Waals surface area (Å²) in [6, 6.07) is 3.99. The van der Waals surface area contributed by atoms with Crippen molar-refractivity contribution >= 4 is 5.91 Å². The molecule has 6 fully saturated rings. The SMILES string of the molecule is O=C(N1CC2(C1)OCC[C@@H]2COCc1ccncc1)C12CC3CC(CC(C3)C1)C2. The molecule has 5 heteroatoms. The van der Waals surface area contributed by atoms with Crippen molar-refractivity contribution in [3.8, 4) is 0 Å². The highest BCUT2D eigenvalue weighted by atomic mass is 16.5. The Morgan fingerprint density at radius 3 is 2.41 bits per heavy atom. The zero-order valence-corrected chi connectivity index (χ0v) is 17.2. The summed E-state index contributed by atoms with van der Waals surface area (Å²) in [6.07, 6.45) is 12.3. The van der Waals surface area contributed by atoms with Crippen molar-refractivity contribution in [1.82, 2.24) is 9.88 Å². The van der Waals surface area contributed by atoms with Gasteiger partial charge in [-0.2, -0.15) is 0 Å². The van der Waals surface area contributed by atoms with Gasteiger partial charge in [0.05, 0.1) is 31.7 Å². The lowest BCUT2D eigenvalue weighted by Gasteiger charge is -2.59. The summed E-state index contributed by atoms with van der Waals surface area (Å²) in [4.78, 5) is 19.7. The number of ether oxygens (including phenoxy) is 2. The maximum absolute atomic E-state index is 13.6. The molecule has 7 rings (SSSR count). The molecule has 1 aromatic rings. The molecule has 2 saturated heterocycles. The van der Waals surface area contributed by atoms with Crippen molar-refractivity contribution in [2.24, 2.45) is 29.1 Å². The highest BCUT2D eigenvalue weighted by Gasteiger charge is 2.60. The van der Waals surface area contributed by atoms with Gasteiger partial charge in [-0.3, -0.25) is 9.78 Å². The third kappa shape index (κ3) is 3.04. The van der Waals surface area contributed by atoms with Gasteiger partial charge in [0.2, 0.25) is 5.91 Å². The molecule has 29 heavy (non-hydrogen) atoms. The Morgan fingerprint density at radius 2 is 1.76 bits per heavy atom. The first-order chi connectivity index (χ1) is 14.1. The third-order valence-electron chi connectivity index (χ3n) is 8.63. The highest BCUT2D eigenvalue weighted by Crippen LogP contribution is 2.61. The Hall–Kier alpha value is -1.46. The van der Waals surface area contributed by atoms with Crippen LogP contribution in [0.5, 0.6) is 0 Å². The summed E-state index contributed by atoms with van der Waals surface area (Å²) in [5.41, 5.74) is 0.971. The Labute approximate surface area is 173 Å². The zero-order valence-electron chi connectivity index (χ0n) is 17.2. The lowest BCUT2D eigenvalue weighted by atomic mass is 9.49. The minimum atomic E-state index is -0.157. The molecular weight excluding hydrogens is 364 g/mol. The second-order valence-electron chi connectivity index (χ2n) is 10.6. The number of amides is 1. The number of rotatable bonds is 5. The van der Waals surface area contributed by atoms with Gasteiger partial charge < -0.3 is 14.4 Å². The summed E-state index contributed by atoms with van der Waals surface area (Å²) < 4.78 is 12.2. The van der Waals surface area contributed by atoms with Crippen LogP contribution in [0.4, 0.5) is 0 Å². The van der Waals surface area contributed by atoms with Crippen molar-refractivity contribution in [3.63, 3.8) is 0 Å². The zero-order chi connectivity index (χ0) is 19.5. The summed E-state index contributed by atoms with van der Waals surface area (Å²) in [5.74, 6) is 3.30. The molecule has 0 radical (unpaired) electrons. The van der Waals surface area contributed by atoms with Gasteiger partial charge >= 0.3 is 0 Å². The van der Waals surface area contributed by atoms with Gasteiger partial charge in [-0.1, -0.05) is 0 Å². The largest absolute Gasteiger partial charge is 0.376 e. The van der Waals surface area contributed by atoms with Gasteiger partial charge in [-0.25, -0.2) is 0 Å². The van der Waals surface area contributed by atoms with E-state index in [4.69, 9.17) is 9.47 Å². The van der Waals surface area contributed by atoms with Crippen LogP contribution in [0.2, 0.25) is 0 Å². The number of hydrogen-bond acceptors (Lipinski definition) is 4. The van der Waals surface area contributed by atoms with Gasteiger partial charge in [-0.15, -0.1) is 0 Å². The molecule has 1 spiro atoms. The molecule has 1 atom stereocenters. The summed E-state index contributed by atoms with van der Waals surface area (Å²) >= 11 is 0. The van der Waals surface area contributed by atoms with E-state index in [0.717, 1.165) is 68.7 Å². The average Bonchev–Trinajstić information content (AvgIpc) is 3.10. The fourth-order valence-corrected chi connectivity index (χ4v) is 7.62. The predicted molar refractivity (Wildman–Crippen MR) is 108 cm³/mol. The molecular formula is C24H32N2O3. The van der Waals surface area contributed by atoms with Crippen LogP contribution >= 0.6 is 0 Å². The standard InChI is InChI=1S/C24H32N2O3/c27-22(23-10-18-7-19(11-23)9-20(8-18)12-23)26-15-24(16-26)21(3-6-29-24)14-28-13-17-1-4-25-5-2-17/h1-2,4-5,18-21H,3,6-16H2/t18?,19?,20?,21-,23?/m1/s1. The normalized spacial score (nSPS) is 39.1. The summed E-state index contributed by atoms with van der Waals surface area (Å²) in [6.45, 7) is 3.67. The number of carbonyl (C=O) groups is 1. The molecule has 0 N–H and O–H groups in total. The average molecular weight is 397 g/mol. The molecule has 156 valence electrons. The van der Waals surface area contributed by atoms with Crippen molar-refractivity contribution in [2.45, 2.75) is 57.2 Å². The number of hydrogen-bond donors (Lipinski definition) is 0. The molecule has 0 unspecified atom stereocenters. The lowest BCUT2D eigenvalue weighted by molar-refractivity contribution is -0.188. The van der Waals surface area contributed by atoms with Crippen molar-refractivity contribution in [1.29, 1.82) is 0 Å². The smallest absolute Gasteiger partial charge is 0.229 e. The van der Waals surface area contributed by atoms with Gasteiger partial charge in [0.25, 0.3) is 0 Å². The molecule has 0 aromatic carbocycles. The second-order valence-corrected chi connectivity index (χ2v) is 10.6. The van der Waals surface area contributed by atoms with Crippen LogP contribution in [-0.2, 0) is 20.9 Å². The number of aromatic nitrogens is 1. The van der Waals surface area contributed by atoms with Gasteiger partial charge in [0.15, 0.2) is 0 Å². The van der Waals surface area contributed by atoms with E-state index < -0.39 is 0 Å². The van der Waals surface area contributed by atoms with E-state index in [1.54, 1.807) is 12.4 Å². The number of carbonyl (C=O) groups excluding carboxylic acids is 1. The van der Waals surface area contributed by atoms with Crippen LogP contribution in [0.25, 0.3) is 0 Å². The van der Waals surface area contributed by atoms with Crippen LogP contribution < -0.4 is 0 Å². The fraction of sp³-hybridized carbons (Fsp3) is 0.750. The summed E-state index contributed by atoms with van der Waals surface area (Å²) in [7, 11) is 0. The number of nitrogens with zero attached hydrogens (tertiary/aromatic N) is 2. The van der Waals surface area contributed by atoms with Gasteiger partial charge in [0, 0.05) is 24.9 Å².